The van der Waals surface area contributed by atoms with Crippen LogP contribution in [-0.4, -0.2) is 6.54 Å². The number of nitrogens with two attached hydrogens (primary N) is 2. The van der Waals surface area contributed by atoms with Crippen LogP contribution in [0.4, 0.5) is 8.78 Å². The summed E-state index contributed by atoms with van der Waals surface area (Å²) in [7, 11) is 0. The van der Waals surface area contributed by atoms with Crippen LogP contribution >= 0.6 is 12.4 Å². The van der Waals surface area contributed by atoms with Gasteiger partial charge in [0.2, 0.25) is 0 Å². The van der Waals surface area contributed by atoms with Crippen molar-refractivity contribution in [2.24, 2.45) is 11.5 Å². The first-order valence-corrected chi connectivity index (χ1v) is 4.98. The van der Waals surface area contributed by atoms with Gasteiger partial charge in [0, 0.05) is 11.6 Å². The summed E-state index contributed by atoms with van der Waals surface area (Å²) < 4.78 is 26.9. The molecule has 0 heterocycles. The van der Waals surface area contributed by atoms with Crippen molar-refractivity contribution in [3.63, 3.8) is 0 Å². The minimum atomic E-state index is -0.617. The van der Waals surface area contributed by atoms with Crippen LogP contribution in [-0.2, 0) is 0 Å². The third-order valence-corrected chi connectivity index (χ3v) is 2.41. The smallest absolute Gasteiger partial charge is 0.133 e. The van der Waals surface area contributed by atoms with Crippen molar-refractivity contribution in [3.8, 4) is 0 Å². The molecule has 0 fully saturated rings. The van der Waals surface area contributed by atoms with E-state index < -0.39 is 17.7 Å². The zero-order valence-corrected chi connectivity index (χ0v) is 9.99. The molecular weight excluding hydrogens is 234 g/mol. The van der Waals surface area contributed by atoms with Crippen molar-refractivity contribution in [2.75, 3.05) is 6.54 Å². The lowest BCUT2D eigenvalue weighted by atomic mass is 9.99. The minimum absolute atomic E-state index is 0. The van der Waals surface area contributed by atoms with Gasteiger partial charge in [-0.05, 0) is 37.9 Å². The lowest BCUT2D eigenvalue weighted by Crippen LogP contribution is -2.16. The Morgan fingerprint density at radius 3 is 2.50 bits per heavy atom. The second-order valence-electron chi connectivity index (χ2n) is 3.63. The molecule has 0 saturated carbocycles. The molecule has 0 aliphatic rings. The summed E-state index contributed by atoms with van der Waals surface area (Å²) in [4.78, 5) is 0. The van der Waals surface area contributed by atoms with E-state index in [9.17, 15) is 8.78 Å². The van der Waals surface area contributed by atoms with E-state index in [0.29, 0.717) is 24.9 Å². The molecule has 16 heavy (non-hydrogen) atoms. The molecule has 2 nitrogen and oxygen atoms in total. The van der Waals surface area contributed by atoms with Crippen molar-refractivity contribution in [1.82, 2.24) is 0 Å². The zero-order chi connectivity index (χ0) is 11.4. The normalized spacial score (nSPS) is 12.1. The van der Waals surface area contributed by atoms with Gasteiger partial charge in [0.1, 0.15) is 11.6 Å². The summed E-state index contributed by atoms with van der Waals surface area (Å²) in [5.41, 5.74) is 11.4. The van der Waals surface area contributed by atoms with E-state index in [1.165, 1.54) is 12.1 Å². The van der Waals surface area contributed by atoms with E-state index >= 15 is 0 Å². The molecule has 0 spiro atoms. The number of rotatable bonds is 4. The first-order chi connectivity index (χ1) is 7.07. The number of aryl methyl sites for hydroxylation is 1. The molecule has 1 aromatic carbocycles. The highest BCUT2D eigenvalue weighted by molar-refractivity contribution is 5.85. The molecule has 4 N–H and O–H groups in total. The highest BCUT2D eigenvalue weighted by Crippen LogP contribution is 2.24. The first-order valence-electron chi connectivity index (χ1n) is 4.98. The summed E-state index contributed by atoms with van der Waals surface area (Å²) in [6, 6.07) is 2.04. The van der Waals surface area contributed by atoms with Crippen molar-refractivity contribution in [2.45, 2.75) is 25.8 Å². The summed E-state index contributed by atoms with van der Waals surface area (Å²) in [5, 5.41) is 0. The fourth-order valence-electron chi connectivity index (χ4n) is 1.50. The molecule has 0 bridgehead atoms. The number of hydrogen-bond acceptors (Lipinski definition) is 2. The fraction of sp³-hybridized carbons (Fsp3) is 0.455. The largest absolute Gasteiger partial charge is 0.330 e. The molecule has 1 aromatic rings. The van der Waals surface area contributed by atoms with Crippen molar-refractivity contribution < 1.29 is 8.78 Å². The lowest BCUT2D eigenvalue weighted by molar-refractivity contribution is 0.502. The van der Waals surface area contributed by atoms with Crippen LogP contribution < -0.4 is 11.5 Å². The van der Waals surface area contributed by atoms with Crippen LogP contribution in [0.2, 0.25) is 0 Å². The molecule has 0 aliphatic heterocycles. The Balaban J connectivity index is 0.00000225. The van der Waals surface area contributed by atoms with Gasteiger partial charge in [-0.3, -0.25) is 0 Å². The molecule has 92 valence electrons. The van der Waals surface area contributed by atoms with Crippen LogP contribution in [0.25, 0.3) is 0 Å². The average molecular weight is 251 g/mol. The Bertz CT molecular complexity index is 345. The first kappa shape index (κ1) is 15.3. The van der Waals surface area contributed by atoms with Crippen LogP contribution in [0.15, 0.2) is 12.1 Å². The summed E-state index contributed by atoms with van der Waals surface area (Å²) in [6.45, 7) is 2.07. The highest BCUT2D eigenvalue weighted by atomic mass is 35.5. The molecule has 1 rings (SSSR count). The molecule has 0 aromatic heterocycles. The molecule has 5 heteroatoms. The Morgan fingerprint density at radius 2 is 1.94 bits per heavy atom. The summed E-state index contributed by atoms with van der Waals surface area (Å²) in [5.74, 6) is -1.12. The fourth-order valence-corrected chi connectivity index (χ4v) is 1.50. The third-order valence-electron chi connectivity index (χ3n) is 2.41. The van der Waals surface area contributed by atoms with Gasteiger partial charge < -0.3 is 11.5 Å². The predicted molar refractivity (Wildman–Crippen MR) is 63.6 cm³/mol. The van der Waals surface area contributed by atoms with Gasteiger partial charge in [0.15, 0.2) is 0 Å². The van der Waals surface area contributed by atoms with E-state index in [2.05, 4.69) is 0 Å². The second kappa shape index (κ2) is 6.78. The van der Waals surface area contributed by atoms with Crippen molar-refractivity contribution in [1.29, 1.82) is 0 Å². The highest BCUT2D eigenvalue weighted by Gasteiger charge is 2.17. The van der Waals surface area contributed by atoms with Crippen molar-refractivity contribution >= 4 is 12.4 Å². The monoisotopic (exact) mass is 250 g/mol. The zero-order valence-electron chi connectivity index (χ0n) is 9.17. The molecule has 0 saturated heterocycles. The maximum Gasteiger partial charge on any atom is 0.133 e. The molecule has 0 radical (unpaired) electrons. The standard InChI is InChI=1S/C11H16F2N2.ClH/c1-7-4-5-8(12)10(11(7)13)9(15)3-2-6-14;/h4-5,9H,2-3,6,14-15H2,1H3;1H/t9-;/m1./s1. The maximum absolute atomic E-state index is 13.6. The van der Waals surface area contributed by atoms with Crippen molar-refractivity contribution in [3.05, 3.63) is 34.9 Å². The topological polar surface area (TPSA) is 52.0 Å². The number of benzene rings is 1. The number of hydrogen-bond donors (Lipinski definition) is 2. The van der Waals surface area contributed by atoms with E-state index in [1.54, 1.807) is 6.92 Å². The average Bonchev–Trinajstić information content (AvgIpc) is 2.21. The summed E-state index contributed by atoms with van der Waals surface area (Å²) in [6.07, 6.45) is 1.15. The van der Waals surface area contributed by atoms with Gasteiger partial charge in [-0.25, -0.2) is 8.78 Å². The Hall–Kier alpha value is -0.710. The Labute approximate surface area is 100 Å². The van der Waals surface area contributed by atoms with E-state index in [1.807, 2.05) is 0 Å². The van der Waals surface area contributed by atoms with E-state index in [0.717, 1.165) is 0 Å². The molecule has 0 aliphatic carbocycles. The van der Waals surface area contributed by atoms with E-state index in [-0.39, 0.29) is 18.0 Å². The third kappa shape index (κ3) is 3.40. The van der Waals surface area contributed by atoms with Crippen LogP contribution in [0.5, 0.6) is 0 Å². The maximum atomic E-state index is 13.6. The number of halogens is 3. The van der Waals surface area contributed by atoms with Gasteiger partial charge in [0.25, 0.3) is 0 Å². The Kier molecular flexibility index (Phi) is 6.48. The lowest BCUT2D eigenvalue weighted by Gasteiger charge is -2.14. The second-order valence-corrected chi connectivity index (χ2v) is 3.63. The SMILES string of the molecule is Cc1ccc(F)c([C@H](N)CCCN)c1F.Cl. The van der Waals surface area contributed by atoms with Gasteiger partial charge in [-0.1, -0.05) is 6.07 Å². The molecule has 1 atom stereocenters. The quantitative estimate of drug-likeness (QED) is 0.862. The van der Waals surface area contributed by atoms with Gasteiger partial charge in [0.05, 0.1) is 0 Å². The minimum Gasteiger partial charge on any atom is -0.330 e. The molecular formula is C11H17ClF2N2. The van der Waals surface area contributed by atoms with Gasteiger partial charge in [-0.2, -0.15) is 0 Å². The predicted octanol–water partition coefficient (Wildman–Crippen LogP) is 2.43. The van der Waals surface area contributed by atoms with Crippen LogP contribution in [0.3, 0.4) is 0 Å². The van der Waals surface area contributed by atoms with Gasteiger partial charge >= 0.3 is 0 Å². The molecule has 0 amide bonds. The van der Waals surface area contributed by atoms with Crippen LogP contribution in [0, 0.1) is 18.6 Å². The molecule has 0 unspecified atom stereocenters. The van der Waals surface area contributed by atoms with Crippen LogP contribution in [0.1, 0.15) is 30.0 Å². The Morgan fingerprint density at radius 1 is 1.31 bits per heavy atom. The summed E-state index contributed by atoms with van der Waals surface area (Å²) >= 11 is 0. The van der Waals surface area contributed by atoms with E-state index in [4.69, 9.17) is 11.5 Å². The van der Waals surface area contributed by atoms with Gasteiger partial charge in [-0.15, -0.1) is 12.4 Å².